The first-order valence-corrected chi connectivity index (χ1v) is 8.79. The van der Waals surface area contributed by atoms with Crippen LogP contribution in [0.3, 0.4) is 0 Å². The molecule has 1 atom stereocenters. The minimum absolute atomic E-state index is 0.199. The molecule has 2 aromatic heterocycles. The van der Waals surface area contributed by atoms with Gasteiger partial charge in [0, 0.05) is 24.7 Å². The van der Waals surface area contributed by atoms with Gasteiger partial charge in [-0.25, -0.2) is 9.97 Å². The quantitative estimate of drug-likeness (QED) is 0.731. The molecule has 5 nitrogen and oxygen atoms in total. The second-order valence-electron chi connectivity index (χ2n) is 6.45. The molecule has 1 aliphatic rings. The van der Waals surface area contributed by atoms with E-state index in [1.165, 1.54) is 0 Å². The molecule has 0 aliphatic carbocycles. The number of anilines is 1. The number of ether oxygens (including phenoxy) is 1. The summed E-state index contributed by atoms with van der Waals surface area (Å²) < 4.78 is 6.12. The van der Waals surface area contributed by atoms with Crippen molar-refractivity contribution in [1.82, 2.24) is 15.0 Å². The predicted octanol–water partition coefficient (Wildman–Crippen LogP) is 3.52. The maximum Gasteiger partial charge on any atom is 0.140 e. The Labute approximate surface area is 147 Å². The van der Waals surface area contributed by atoms with E-state index in [4.69, 9.17) is 9.72 Å². The molecule has 1 unspecified atom stereocenters. The fraction of sp³-hybridized carbons (Fsp3) is 0.350. The molecule has 0 saturated carbocycles. The highest BCUT2D eigenvalue weighted by molar-refractivity contribution is 5.89. The summed E-state index contributed by atoms with van der Waals surface area (Å²) in [6, 6.07) is 14.1. The van der Waals surface area contributed by atoms with Crippen LogP contribution in [-0.4, -0.2) is 34.1 Å². The highest BCUT2D eigenvalue weighted by Crippen LogP contribution is 2.27. The minimum Gasteiger partial charge on any atom is -0.370 e. The predicted molar refractivity (Wildman–Crippen MR) is 98.5 cm³/mol. The Morgan fingerprint density at radius 3 is 2.88 bits per heavy atom. The highest BCUT2D eigenvalue weighted by atomic mass is 16.5. The first-order chi connectivity index (χ1) is 12.3. The first kappa shape index (κ1) is 16.0. The Morgan fingerprint density at radius 1 is 1.12 bits per heavy atom. The van der Waals surface area contributed by atoms with Gasteiger partial charge in [-0.05, 0) is 44.0 Å². The lowest BCUT2D eigenvalue weighted by atomic mass is 10.1. The molecule has 3 aromatic rings. The monoisotopic (exact) mass is 334 g/mol. The third kappa shape index (κ3) is 3.61. The SMILES string of the molecule is Cc1nc(N2CCCC(OCc3ccccn3)C2)c2ccccc2n1. The lowest BCUT2D eigenvalue weighted by Crippen LogP contribution is -2.40. The van der Waals surface area contributed by atoms with Crippen LogP contribution in [0.2, 0.25) is 0 Å². The third-order valence-corrected chi connectivity index (χ3v) is 4.57. The van der Waals surface area contributed by atoms with E-state index in [9.17, 15) is 0 Å². The molecule has 0 radical (unpaired) electrons. The average molecular weight is 334 g/mol. The van der Waals surface area contributed by atoms with Crippen LogP contribution in [0.1, 0.15) is 24.4 Å². The third-order valence-electron chi connectivity index (χ3n) is 4.57. The molecular formula is C20H22N4O. The molecule has 1 fully saturated rings. The Hall–Kier alpha value is -2.53. The molecule has 128 valence electrons. The van der Waals surface area contributed by atoms with Crippen molar-refractivity contribution < 1.29 is 4.74 Å². The number of fused-ring (bicyclic) bond motifs is 1. The number of aromatic nitrogens is 3. The number of para-hydroxylation sites is 1. The second kappa shape index (κ2) is 7.15. The van der Waals surface area contributed by atoms with Gasteiger partial charge in [-0.3, -0.25) is 4.98 Å². The van der Waals surface area contributed by atoms with Crippen molar-refractivity contribution in [3.05, 3.63) is 60.2 Å². The van der Waals surface area contributed by atoms with Crippen molar-refractivity contribution in [3.63, 3.8) is 0 Å². The summed E-state index contributed by atoms with van der Waals surface area (Å²) in [4.78, 5) is 15.9. The zero-order chi connectivity index (χ0) is 17.1. The lowest BCUT2D eigenvalue weighted by Gasteiger charge is -2.34. The number of hydrogen-bond donors (Lipinski definition) is 0. The van der Waals surface area contributed by atoms with Gasteiger partial charge in [-0.15, -0.1) is 0 Å². The fourth-order valence-corrected chi connectivity index (χ4v) is 3.37. The summed E-state index contributed by atoms with van der Waals surface area (Å²) in [6.07, 6.45) is 4.18. The Morgan fingerprint density at radius 2 is 2.00 bits per heavy atom. The standard InChI is InChI=1S/C20H22N4O/c1-15-22-19-10-3-2-9-18(19)20(23-15)24-12-6-8-17(13-24)25-14-16-7-4-5-11-21-16/h2-5,7,9-11,17H,6,8,12-14H2,1H3. The smallest absolute Gasteiger partial charge is 0.140 e. The summed E-state index contributed by atoms with van der Waals surface area (Å²) in [6.45, 7) is 4.37. The Balaban J connectivity index is 1.51. The van der Waals surface area contributed by atoms with Crippen molar-refractivity contribution >= 4 is 16.7 Å². The molecule has 1 aromatic carbocycles. The number of piperidine rings is 1. The van der Waals surface area contributed by atoms with Crippen LogP contribution >= 0.6 is 0 Å². The number of benzene rings is 1. The van der Waals surface area contributed by atoms with Gasteiger partial charge in [0.15, 0.2) is 0 Å². The number of rotatable bonds is 4. The van der Waals surface area contributed by atoms with Crippen LogP contribution in [0, 0.1) is 6.92 Å². The molecule has 0 spiro atoms. The van der Waals surface area contributed by atoms with E-state index < -0.39 is 0 Å². The van der Waals surface area contributed by atoms with E-state index in [0.717, 1.165) is 54.2 Å². The van der Waals surface area contributed by atoms with Gasteiger partial charge in [-0.2, -0.15) is 0 Å². The summed E-state index contributed by atoms with van der Waals surface area (Å²) in [7, 11) is 0. The van der Waals surface area contributed by atoms with Crippen LogP contribution < -0.4 is 4.90 Å². The van der Waals surface area contributed by atoms with E-state index in [-0.39, 0.29) is 6.10 Å². The fourth-order valence-electron chi connectivity index (χ4n) is 3.37. The number of aryl methyl sites for hydroxylation is 1. The minimum atomic E-state index is 0.199. The van der Waals surface area contributed by atoms with Crippen LogP contribution in [0.5, 0.6) is 0 Å². The first-order valence-electron chi connectivity index (χ1n) is 8.79. The number of nitrogens with zero attached hydrogens (tertiary/aromatic N) is 4. The van der Waals surface area contributed by atoms with Crippen molar-refractivity contribution in [2.45, 2.75) is 32.5 Å². The van der Waals surface area contributed by atoms with E-state index in [0.29, 0.717) is 6.61 Å². The molecule has 0 bridgehead atoms. The summed E-state index contributed by atoms with van der Waals surface area (Å²) >= 11 is 0. The summed E-state index contributed by atoms with van der Waals surface area (Å²) in [5.41, 5.74) is 1.98. The largest absolute Gasteiger partial charge is 0.370 e. The molecule has 4 rings (SSSR count). The number of pyridine rings is 1. The topological polar surface area (TPSA) is 51.1 Å². The lowest BCUT2D eigenvalue weighted by molar-refractivity contribution is 0.0297. The molecule has 0 N–H and O–H groups in total. The molecule has 5 heteroatoms. The number of hydrogen-bond acceptors (Lipinski definition) is 5. The van der Waals surface area contributed by atoms with E-state index in [2.05, 4.69) is 20.9 Å². The van der Waals surface area contributed by atoms with Gasteiger partial charge in [-0.1, -0.05) is 18.2 Å². The normalized spacial score (nSPS) is 17.8. The van der Waals surface area contributed by atoms with E-state index in [1.54, 1.807) is 0 Å². The van der Waals surface area contributed by atoms with Gasteiger partial charge in [0.25, 0.3) is 0 Å². The molecule has 1 saturated heterocycles. The van der Waals surface area contributed by atoms with Crippen LogP contribution in [0.15, 0.2) is 48.7 Å². The Bertz CT molecular complexity index is 853. The second-order valence-corrected chi connectivity index (χ2v) is 6.45. The van der Waals surface area contributed by atoms with Gasteiger partial charge in [0.1, 0.15) is 11.6 Å². The van der Waals surface area contributed by atoms with Crippen LogP contribution in [0.25, 0.3) is 10.9 Å². The average Bonchev–Trinajstić information content (AvgIpc) is 2.67. The summed E-state index contributed by atoms with van der Waals surface area (Å²) in [5.74, 6) is 1.83. The van der Waals surface area contributed by atoms with E-state index >= 15 is 0 Å². The van der Waals surface area contributed by atoms with Gasteiger partial charge < -0.3 is 9.64 Å². The summed E-state index contributed by atoms with van der Waals surface area (Å²) in [5, 5.41) is 1.11. The van der Waals surface area contributed by atoms with E-state index in [1.807, 2.05) is 49.5 Å². The zero-order valence-corrected chi connectivity index (χ0v) is 14.4. The zero-order valence-electron chi connectivity index (χ0n) is 14.4. The van der Waals surface area contributed by atoms with Crippen molar-refractivity contribution in [3.8, 4) is 0 Å². The van der Waals surface area contributed by atoms with Gasteiger partial charge in [0.05, 0.1) is 23.9 Å². The van der Waals surface area contributed by atoms with Crippen molar-refractivity contribution in [1.29, 1.82) is 0 Å². The van der Waals surface area contributed by atoms with Gasteiger partial charge >= 0.3 is 0 Å². The molecule has 3 heterocycles. The van der Waals surface area contributed by atoms with Crippen LogP contribution in [0.4, 0.5) is 5.82 Å². The molecule has 0 amide bonds. The molecular weight excluding hydrogens is 312 g/mol. The maximum atomic E-state index is 6.12. The van der Waals surface area contributed by atoms with Crippen molar-refractivity contribution in [2.75, 3.05) is 18.0 Å². The van der Waals surface area contributed by atoms with Gasteiger partial charge in [0.2, 0.25) is 0 Å². The molecule has 1 aliphatic heterocycles. The maximum absolute atomic E-state index is 6.12. The Kier molecular flexibility index (Phi) is 4.57. The highest BCUT2D eigenvalue weighted by Gasteiger charge is 2.23. The van der Waals surface area contributed by atoms with Crippen LogP contribution in [-0.2, 0) is 11.3 Å². The van der Waals surface area contributed by atoms with Crippen molar-refractivity contribution in [2.24, 2.45) is 0 Å². The molecule has 25 heavy (non-hydrogen) atoms.